The summed E-state index contributed by atoms with van der Waals surface area (Å²) in [7, 11) is -1.95. The van der Waals surface area contributed by atoms with E-state index in [4.69, 9.17) is 25.6 Å². The largest absolute Gasteiger partial charge is 0.497 e. The molecule has 1 heterocycles. The number of ketones is 1. The van der Waals surface area contributed by atoms with Gasteiger partial charge in [0.1, 0.15) is 17.9 Å². The highest BCUT2D eigenvalue weighted by Gasteiger charge is 2.38. The fraction of sp³-hybridized carbons (Fsp3) is 0.261. The number of sulfone groups is 1. The first kappa shape index (κ1) is 23.0. The molecule has 0 radical (unpaired) electrons. The second-order valence-electron chi connectivity index (χ2n) is 7.71. The number of halogens is 1. The van der Waals surface area contributed by atoms with E-state index in [0.29, 0.717) is 11.5 Å². The zero-order chi connectivity index (χ0) is 23.8. The Bertz CT molecular complexity index is 1330. The van der Waals surface area contributed by atoms with Crippen LogP contribution in [0.5, 0.6) is 5.75 Å². The van der Waals surface area contributed by atoms with Crippen LogP contribution in [0.25, 0.3) is 0 Å². The van der Waals surface area contributed by atoms with E-state index in [1.807, 2.05) is 0 Å². The molecule has 3 aromatic rings. The van der Waals surface area contributed by atoms with Gasteiger partial charge in [-0.15, -0.1) is 0 Å². The number of hydrogen-bond donors (Lipinski definition) is 0. The normalized spacial score (nSPS) is 13.5. The summed E-state index contributed by atoms with van der Waals surface area (Å²) in [5.74, 6) is -0.441. The van der Waals surface area contributed by atoms with Crippen molar-refractivity contribution in [2.24, 2.45) is 0 Å². The molecule has 0 aliphatic heterocycles. The van der Waals surface area contributed by atoms with Crippen LogP contribution < -0.4 is 4.74 Å². The summed E-state index contributed by atoms with van der Waals surface area (Å²) in [5, 5.41) is 3.77. The van der Waals surface area contributed by atoms with Gasteiger partial charge >= 0.3 is 5.97 Å². The molecule has 0 spiro atoms. The van der Waals surface area contributed by atoms with E-state index in [0.717, 1.165) is 24.7 Å². The van der Waals surface area contributed by atoms with Gasteiger partial charge in [-0.05, 0) is 48.7 Å². The quantitative estimate of drug-likeness (QED) is 0.341. The van der Waals surface area contributed by atoms with E-state index in [9.17, 15) is 18.0 Å². The van der Waals surface area contributed by atoms with Crippen LogP contribution in [-0.4, -0.2) is 38.7 Å². The molecule has 0 amide bonds. The van der Waals surface area contributed by atoms with Gasteiger partial charge < -0.3 is 14.0 Å². The Balaban J connectivity index is 1.62. The van der Waals surface area contributed by atoms with E-state index < -0.39 is 21.6 Å². The van der Waals surface area contributed by atoms with Crippen molar-refractivity contribution in [2.75, 3.05) is 13.4 Å². The average Bonchev–Trinajstić information content (AvgIpc) is 3.54. The Kier molecular flexibility index (Phi) is 6.27. The molecule has 1 aliphatic carbocycles. The minimum absolute atomic E-state index is 0.00811. The summed E-state index contributed by atoms with van der Waals surface area (Å²) in [5.41, 5.74) is 0.519. The number of carbonyl (C=O) groups is 2. The van der Waals surface area contributed by atoms with Crippen molar-refractivity contribution >= 4 is 33.2 Å². The van der Waals surface area contributed by atoms with Gasteiger partial charge in [0, 0.05) is 17.7 Å². The van der Waals surface area contributed by atoms with Crippen LogP contribution in [0.4, 0.5) is 0 Å². The molecule has 0 bridgehead atoms. The predicted molar refractivity (Wildman–Crippen MR) is 119 cm³/mol. The highest BCUT2D eigenvalue weighted by Crippen LogP contribution is 2.43. The summed E-state index contributed by atoms with van der Waals surface area (Å²) in [4.78, 5) is 26.1. The average molecular weight is 490 g/mol. The maximum atomic E-state index is 13.4. The molecule has 10 heteroatoms. The van der Waals surface area contributed by atoms with Gasteiger partial charge in [0.05, 0.1) is 17.0 Å². The van der Waals surface area contributed by atoms with Crippen LogP contribution in [-0.2, 0) is 21.2 Å². The molecule has 8 nitrogen and oxygen atoms in total. The Morgan fingerprint density at radius 1 is 1.15 bits per heavy atom. The molecule has 172 valence electrons. The Morgan fingerprint density at radius 3 is 2.42 bits per heavy atom. The summed E-state index contributed by atoms with van der Waals surface area (Å²) >= 11 is 6.23. The number of nitrogens with zero attached hydrogens (tertiary/aromatic N) is 1. The van der Waals surface area contributed by atoms with Gasteiger partial charge in [0.2, 0.25) is 11.5 Å². The summed E-state index contributed by atoms with van der Waals surface area (Å²) in [6, 6.07) is 10.8. The number of carbonyl (C=O) groups excluding carboxylic acids is 2. The first-order valence-electron chi connectivity index (χ1n) is 10.0. The maximum absolute atomic E-state index is 13.4. The maximum Gasteiger partial charge on any atom is 0.361 e. The fourth-order valence-electron chi connectivity index (χ4n) is 3.27. The minimum atomic E-state index is -3.50. The zero-order valence-corrected chi connectivity index (χ0v) is 19.4. The van der Waals surface area contributed by atoms with E-state index in [-0.39, 0.29) is 39.3 Å². The SMILES string of the molecule is COc1ccc(COC(=O)c2noc(C3CC3)c2C(=O)c2ccc(S(C)(=O)=O)cc2Cl)cc1. The molecule has 1 fully saturated rings. The third kappa shape index (κ3) is 4.94. The number of aromatic nitrogens is 1. The van der Waals surface area contributed by atoms with Crippen LogP contribution in [0.3, 0.4) is 0 Å². The number of benzene rings is 2. The topological polar surface area (TPSA) is 113 Å². The molecule has 0 N–H and O–H groups in total. The number of methoxy groups -OCH3 is 1. The van der Waals surface area contributed by atoms with Crippen molar-refractivity contribution in [3.63, 3.8) is 0 Å². The molecule has 1 aromatic heterocycles. The number of hydrogen-bond acceptors (Lipinski definition) is 8. The van der Waals surface area contributed by atoms with Crippen molar-refractivity contribution in [2.45, 2.75) is 30.3 Å². The molecule has 33 heavy (non-hydrogen) atoms. The molecule has 0 unspecified atom stereocenters. The van der Waals surface area contributed by atoms with Crippen LogP contribution >= 0.6 is 11.6 Å². The van der Waals surface area contributed by atoms with E-state index in [1.165, 1.54) is 18.2 Å². The van der Waals surface area contributed by atoms with Crippen LogP contribution in [0.1, 0.15) is 56.5 Å². The molecule has 4 rings (SSSR count). The molecule has 2 aromatic carbocycles. The Hall–Kier alpha value is -3.17. The third-order valence-electron chi connectivity index (χ3n) is 5.23. The third-order valence-corrected chi connectivity index (χ3v) is 6.65. The minimum Gasteiger partial charge on any atom is -0.497 e. The zero-order valence-electron chi connectivity index (χ0n) is 17.8. The highest BCUT2D eigenvalue weighted by molar-refractivity contribution is 7.90. The van der Waals surface area contributed by atoms with E-state index >= 15 is 0 Å². The van der Waals surface area contributed by atoms with Gasteiger partial charge in [-0.2, -0.15) is 0 Å². The smallest absolute Gasteiger partial charge is 0.361 e. The molecule has 1 aliphatic rings. The van der Waals surface area contributed by atoms with Gasteiger partial charge in [-0.25, -0.2) is 13.2 Å². The van der Waals surface area contributed by atoms with Crippen molar-refractivity contribution < 1.29 is 32.0 Å². The number of esters is 1. The van der Waals surface area contributed by atoms with Crippen molar-refractivity contribution in [1.82, 2.24) is 5.16 Å². The lowest BCUT2D eigenvalue weighted by atomic mass is 9.99. The van der Waals surface area contributed by atoms with Gasteiger partial charge in [-0.3, -0.25) is 4.79 Å². The van der Waals surface area contributed by atoms with Crippen LogP contribution in [0.2, 0.25) is 5.02 Å². The van der Waals surface area contributed by atoms with Gasteiger partial charge in [0.15, 0.2) is 15.6 Å². The molecule has 0 atom stereocenters. The summed E-state index contributed by atoms with van der Waals surface area (Å²) in [6.45, 7) is -0.0358. The monoisotopic (exact) mass is 489 g/mol. The number of ether oxygens (including phenoxy) is 2. The van der Waals surface area contributed by atoms with E-state index in [2.05, 4.69) is 5.16 Å². The highest BCUT2D eigenvalue weighted by atomic mass is 35.5. The van der Waals surface area contributed by atoms with Crippen molar-refractivity contribution in [1.29, 1.82) is 0 Å². The lowest BCUT2D eigenvalue weighted by Crippen LogP contribution is -2.14. The molecular weight excluding hydrogens is 470 g/mol. The number of rotatable bonds is 8. The van der Waals surface area contributed by atoms with Gasteiger partial charge in [-0.1, -0.05) is 28.9 Å². The molecule has 1 saturated carbocycles. The standard InChI is InChI=1S/C23H20ClNO7S/c1-30-15-7-3-13(4-8-15)12-31-23(27)20-19(22(32-25-20)14-5-6-14)21(26)17-10-9-16(11-18(17)24)33(2,28)29/h3-4,7-11,14H,5-6,12H2,1-2H3. The van der Waals surface area contributed by atoms with Gasteiger partial charge in [0.25, 0.3) is 0 Å². The van der Waals surface area contributed by atoms with Crippen molar-refractivity contribution in [3.05, 3.63) is 75.6 Å². The van der Waals surface area contributed by atoms with Crippen LogP contribution in [0.15, 0.2) is 51.9 Å². The molecule has 0 saturated heterocycles. The molecular formula is C23H20ClNO7S. The fourth-order valence-corrected chi connectivity index (χ4v) is 4.25. The second kappa shape index (κ2) is 8.99. The van der Waals surface area contributed by atoms with Crippen molar-refractivity contribution in [3.8, 4) is 5.75 Å². The Labute approximate surface area is 195 Å². The summed E-state index contributed by atoms with van der Waals surface area (Å²) in [6.07, 6.45) is 2.65. The predicted octanol–water partition coefficient (Wildman–Crippen LogP) is 4.21. The Morgan fingerprint density at radius 2 is 1.85 bits per heavy atom. The van der Waals surface area contributed by atoms with Crippen LogP contribution in [0, 0.1) is 0 Å². The first-order valence-corrected chi connectivity index (χ1v) is 12.3. The summed E-state index contributed by atoms with van der Waals surface area (Å²) < 4.78 is 39.4. The lowest BCUT2D eigenvalue weighted by molar-refractivity contribution is 0.0458. The second-order valence-corrected chi connectivity index (χ2v) is 10.1. The van der Waals surface area contributed by atoms with E-state index in [1.54, 1.807) is 31.4 Å². The first-order chi connectivity index (χ1) is 15.7. The lowest BCUT2D eigenvalue weighted by Gasteiger charge is -2.08.